The van der Waals surface area contributed by atoms with E-state index in [2.05, 4.69) is 24.7 Å². The van der Waals surface area contributed by atoms with Gasteiger partial charge < -0.3 is 70.0 Å². The van der Waals surface area contributed by atoms with Crippen molar-refractivity contribution in [1.29, 1.82) is 0 Å². The van der Waals surface area contributed by atoms with E-state index in [1.165, 1.54) is 13.1 Å². The molecule has 0 bridgehead atoms. The molecule has 0 spiro atoms. The van der Waals surface area contributed by atoms with Crippen LogP contribution in [0.5, 0.6) is 0 Å². The Hall–Kier alpha value is -2.22. The summed E-state index contributed by atoms with van der Waals surface area (Å²) in [6, 6.07) is 0. The zero-order chi connectivity index (χ0) is 21.1. The van der Waals surface area contributed by atoms with Gasteiger partial charge in [0.1, 0.15) is 13.1 Å². The Labute approximate surface area is 170 Å². The molecule has 0 saturated heterocycles. The maximum absolute atomic E-state index is 8.25. The number of carbonyl (C=O) groups excluding carboxylic acids is 6. The quantitative estimate of drug-likeness (QED) is 0.221. The average molecular weight is 470 g/mol. The Bertz CT molecular complexity index is 176. The monoisotopic (exact) mass is 470 g/mol. The van der Waals surface area contributed by atoms with Crippen LogP contribution in [0.4, 0.5) is 0 Å². The molecule has 0 fully saturated rings. The zero-order valence-electron chi connectivity index (χ0n) is 13.7. The maximum Gasteiger partial charge on any atom is 2.00 e. The summed E-state index contributed by atoms with van der Waals surface area (Å²) in [5.74, 6) is 0. The summed E-state index contributed by atoms with van der Waals surface area (Å²) in [7, 11) is 4.17. The van der Waals surface area contributed by atoms with Gasteiger partial charge in [-0.25, -0.2) is 0 Å². The number of carbonyl (C=O) groups is 6. The normalized spacial score (nSPS) is 4.85. The van der Waals surface area contributed by atoms with Gasteiger partial charge in [-0.15, -0.1) is 0 Å². The maximum atomic E-state index is 8.25. The fourth-order valence-electron chi connectivity index (χ4n) is 0.333. The van der Waals surface area contributed by atoms with Crippen molar-refractivity contribution < 1.29 is 104 Å². The van der Waals surface area contributed by atoms with Crippen molar-refractivity contribution in [1.82, 2.24) is 0 Å². The standard InChI is InChI=1S/C4H12N2.6CH2O2.2Mn/c1-5-3-4-6-2;6*2-1-3;;/h5-6H,3-4H2,1-2H3;6*1H,(H,2,3);;/q;;;;;;;2*+2/p-4. The molecule has 0 aliphatic heterocycles. The van der Waals surface area contributed by atoms with Crippen molar-refractivity contribution in [2.45, 2.75) is 0 Å². The van der Waals surface area contributed by atoms with Crippen LogP contribution in [0.25, 0.3) is 0 Å². The molecule has 4 N–H and O–H groups in total. The molecule has 0 aromatic carbocycles. The van der Waals surface area contributed by atoms with Crippen molar-refractivity contribution in [2.75, 3.05) is 27.2 Å². The molecule has 0 aliphatic rings. The first kappa shape index (κ1) is 56.5. The summed E-state index contributed by atoms with van der Waals surface area (Å²) in [6.45, 7) is -0.535. The van der Waals surface area contributed by atoms with Crippen LogP contribution in [-0.2, 0) is 62.9 Å². The second-order valence-corrected chi connectivity index (χ2v) is 1.97. The number of nitrogens with two attached hydrogens (primary N) is 2. The molecule has 0 rings (SSSR count). The summed E-state index contributed by atoms with van der Waals surface area (Å²) < 4.78 is 0. The first-order chi connectivity index (χ1) is 11.4. The van der Waals surface area contributed by atoms with Crippen molar-refractivity contribution in [3.63, 3.8) is 0 Å². The number of rotatable bonds is 3. The number of carboxylic acid groups (broad SMARTS) is 6. The summed E-state index contributed by atoms with van der Waals surface area (Å²) in [5, 5.41) is 53.9. The predicted molar refractivity (Wildman–Crippen MR) is 61.8 cm³/mol. The van der Waals surface area contributed by atoms with Crippen molar-refractivity contribution >= 4 is 38.8 Å². The summed E-state index contributed by atoms with van der Waals surface area (Å²) in [6.07, 6.45) is 0. The van der Waals surface area contributed by atoms with Crippen molar-refractivity contribution in [3.8, 4) is 0 Å². The molecule has 2 radical (unpaired) electrons. The molecular weight excluding hydrogens is 450 g/mol. The topological polar surface area (TPSA) is 274 Å². The Morgan fingerprint density at radius 2 is 0.577 bits per heavy atom. The van der Waals surface area contributed by atoms with Crippen LogP contribution in [0.3, 0.4) is 0 Å². The Morgan fingerprint density at radius 3 is 0.615 bits per heavy atom. The third-order valence-electron chi connectivity index (χ3n) is 0.744. The Morgan fingerprint density at radius 1 is 0.500 bits per heavy atom. The van der Waals surface area contributed by atoms with Crippen molar-refractivity contribution in [2.24, 2.45) is 0 Å². The van der Waals surface area contributed by atoms with Crippen LogP contribution < -0.4 is 41.3 Å². The van der Waals surface area contributed by atoms with Gasteiger partial charge in [0.2, 0.25) is 0 Å². The first-order valence-electron chi connectivity index (χ1n) is 5.30. The Kier molecular flexibility index (Phi) is 388. The van der Waals surface area contributed by atoms with Crippen LogP contribution in [0.2, 0.25) is 0 Å². The van der Waals surface area contributed by atoms with Gasteiger partial charge in [0.15, 0.2) is 0 Å². The largest absolute Gasteiger partial charge is 2.00 e. The molecule has 0 aliphatic carbocycles. The average Bonchev–Trinajstić information content (AvgIpc) is 2.50. The molecule has 16 heteroatoms. The van der Waals surface area contributed by atoms with Crippen LogP contribution in [-0.4, -0.2) is 66.0 Å². The smallest absolute Gasteiger partial charge is 0.554 e. The number of quaternary nitrogens is 2. The third kappa shape index (κ3) is 15500. The SMILES string of the molecule is C[NH2+]CC[NH2+]C.O=C[O-].O=C[O-].O=C[O-].O=C[O-].O=C[O-].O=C[O-].[Mn+2].[Mn+2]. The van der Waals surface area contributed by atoms with Gasteiger partial charge in [0, 0.05) is 38.8 Å². The van der Waals surface area contributed by atoms with Gasteiger partial charge in [-0.1, -0.05) is 0 Å². The molecule has 0 atom stereocenters. The zero-order valence-corrected chi connectivity index (χ0v) is 16.0. The molecule has 26 heavy (non-hydrogen) atoms. The van der Waals surface area contributed by atoms with Crippen LogP contribution in [0.15, 0.2) is 0 Å². The molecule has 0 heterocycles. The fourth-order valence-corrected chi connectivity index (χ4v) is 0.333. The summed E-state index contributed by atoms with van der Waals surface area (Å²) in [5.41, 5.74) is 0. The van der Waals surface area contributed by atoms with E-state index >= 15 is 0 Å². The minimum absolute atomic E-state index is 0. The molecule has 0 unspecified atom stereocenters. The molecule has 0 aromatic rings. The van der Waals surface area contributed by atoms with E-state index in [9.17, 15) is 0 Å². The van der Waals surface area contributed by atoms with E-state index < -0.39 is 38.8 Å². The summed E-state index contributed by atoms with van der Waals surface area (Å²) >= 11 is 0. The van der Waals surface area contributed by atoms with E-state index in [4.69, 9.17) is 59.4 Å². The second-order valence-electron chi connectivity index (χ2n) is 1.97. The minimum atomic E-state index is -0.500. The number of likely N-dealkylation sites (N-methyl/N-ethyl adjacent to an activating group) is 2. The molecule has 14 nitrogen and oxygen atoms in total. The van der Waals surface area contributed by atoms with Gasteiger partial charge in [-0.3, -0.25) is 0 Å². The van der Waals surface area contributed by atoms with Crippen molar-refractivity contribution in [3.05, 3.63) is 0 Å². The van der Waals surface area contributed by atoms with Crippen LogP contribution >= 0.6 is 0 Å². The van der Waals surface area contributed by atoms with E-state index in [0.29, 0.717) is 0 Å². The summed E-state index contributed by atoms with van der Waals surface area (Å²) in [4.78, 5) is 49.5. The fraction of sp³-hybridized carbons (Fsp3) is 0.400. The van der Waals surface area contributed by atoms with Crippen LogP contribution in [0, 0.1) is 0 Å². The van der Waals surface area contributed by atoms with E-state index in [0.717, 1.165) is 0 Å². The Balaban J connectivity index is -0.0000000187. The molecule has 0 saturated carbocycles. The second kappa shape index (κ2) is 179. The van der Waals surface area contributed by atoms with E-state index in [1.807, 2.05) is 0 Å². The molecule has 156 valence electrons. The molecule has 0 amide bonds. The number of hydrogen-bond acceptors (Lipinski definition) is 12. The number of hydrogen-bond donors (Lipinski definition) is 2. The van der Waals surface area contributed by atoms with Gasteiger partial charge in [-0.2, -0.15) is 0 Å². The first-order valence-corrected chi connectivity index (χ1v) is 5.30. The van der Waals surface area contributed by atoms with Gasteiger partial charge >= 0.3 is 34.1 Å². The van der Waals surface area contributed by atoms with E-state index in [1.54, 1.807) is 0 Å². The minimum Gasteiger partial charge on any atom is -0.554 e. The van der Waals surface area contributed by atoms with Gasteiger partial charge in [-0.05, 0) is 0 Å². The predicted octanol–water partition coefficient (Wildman–Crippen LogP) is -12.4. The third-order valence-corrected chi connectivity index (χ3v) is 0.744. The van der Waals surface area contributed by atoms with Gasteiger partial charge in [0.25, 0.3) is 0 Å². The van der Waals surface area contributed by atoms with Gasteiger partial charge in [0.05, 0.1) is 14.1 Å². The molecular formula is C10H20Mn2N2O12. The van der Waals surface area contributed by atoms with Crippen LogP contribution in [0.1, 0.15) is 0 Å². The molecule has 0 aromatic heterocycles. The van der Waals surface area contributed by atoms with E-state index in [-0.39, 0.29) is 34.1 Å².